The molecule has 2 aliphatic rings. The van der Waals surface area contributed by atoms with Gasteiger partial charge in [0.2, 0.25) is 23.6 Å². The molecule has 31 heavy (non-hydrogen) atoms. The van der Waals surface area contributed by atoms with Crippen LogP contribution in [-0.4, -0.2) is 60.2 Å². The first kappa shape index (κ1) is 22.5. The van der Waals surface area contributed by atoms with Crippen LogP contribution in [0.5, 0.6) is 5.75 Å². The number of imide groups is 1. The molecule has 0 saturated carbocycles. The van der Waals surface area contributed by atoms with E-state index in [1.807, 2.05) is 30.4 Å². The van der Waals surface area contributed by atoms with Crippen LogP contribution in [0.3, 0.4) is 0 Å². The number of nitrogens with zero attached hydrogens (tertiary/aromatic N) is 2. The fraction of sp³-hybridized carbons (Fsp3) is 0.478. The monoisotopic (exact) mass is 427 g/mol. The van der Waals surface area contributed by atoms with Crippen molar-refractivity contribution in [2.45, 2.75) is 38.8 Å². The highest BCUT2D eigenvalue weighted by Gasteiger charge is 2.47. The van der Waals surface area contributed by atoms with Crippen molar-refractivity contribution in [3.05, 3.63) is 42.0 Å². The number of ether oxygens (including phenoxy) is 1. The van der Waals surface area contributed by atoms with Crippen LogP contribution in [0.1, 0.15) is 31.7 Å². The molecule has 166 valence electrons. The molecule has 8 nitrogen and oxygen atoms in total. The Kier molecular flexibility index (Phi) is 7.09. The van der Waals surface area contributed by atoms with Gasteiger partial charge in [-0.3, -0.25) is 24.1 Å². The van der Waals surface area contributed by atoms with E-state index in [2.05, 4.69) is 5.32 Å². The maximum absolute atomic E-state index is 13.1. The third kappa shape index (κ3) is 4.78. The summed E-state index contributed by atoms with van der Waals surface area (Å²) in [6.07, 6.45) is 4.96. The van der Waals surface area contributed by atoms with Gasteiger partial charge in [-0.2, -0.15) is 0 Å². The average molecular weight is 428 g/mol. The number of fused-ring (bicyclic) bond motifs is 1. The Labute approximate surface area is 182 Å². The summed E-state index contributed by atoms with van der Waals surface area (Å²) in [5.41, 5.74) is 0.814. The molecular formula is C23H29N3O5. The van der Waals surface area contributed by atoms with Crippen LogP contribution in [0.25, 0.3) is 0 Å². The molecule has 1 saturated heterocycles. The first-order valence-electron chi connectivity index (χ1n) is 10.5. The molecule has 1 aliphatic carbocycles. The Hall–Kier alpha value is -3.16. The summed E-state index contributed by atoms with van der Waals surface area (Å²) < 4.78 is 5.24. The van der Waals surface area contributed by atoms with E-state index in [1.165, 1.54) is 16.8 Å². The zero-order valence-corrected chi connectivity index (χ0v) is 18.2. The topological polar surface area (TPSA) is 96.0 Å². The number of likely N-dealkylation sites (N-methyl/N-ethyl adjacent to an activating group) is 1. The van der Waals surface area contributed by atoms with Crippen molar-refractivity contribution >= 4 is 23.6 Å². The van der Waals surface area contributed by atoms with Crippen LogP contribution >= 0.6 is 0 Å². The zero-order valence-electron chi connectivity index (χ0n) is 18.2. The van der Waals surface area contributed by atoms with Crippen LogP contribution in [-0.2, 0) is 25.7 Å². The van der Waals surface area contributed by atoms with Gasteiger partial charge in [0.25, 0.3) is 0 Å². The molecule has 1 aromatic rings. The summed E-state index contributed by atoms with van der Waals surface area (Å²) in [5.74, 6) is -0.969. The first-order chi connectivity index (χ1) is 14.9. The van der Waals surface area contributed by atoms with Crippen LogP contribution in [0.15, 0.2) is 36.4 Å². The quantitative estimate of drug-likeness (QED) is 0.501. The summed E-state index contributed by atoms with van der Waals surface area (Å²) in [4.78, 5) is 53.3. The lowest BCUT2D eigenvalue weighted by atomic mass is 9.85. The van der Waals surface area contributed by atoms with Gasteiger partial charge >= 0.3 is 0 Å². The smallest absolute Gasteiger partial charge is 0.242 e. The lowest BCUT2D eigenvalue weighted by Crippen LogP contribution is -2.47. The molecular weight excluding hydrogens is 398 g/mol. The molecule has 1 N–H and O–H groups in total. The molecule has 0 radical (unpaired) electrons. The zero-order chi connectivity index (χ0) is 22.5. The number of hydrogen-bond donors (Lipinski definition) is 1. The second kappa shape index (κ2) is 9.76. The fourth-order valence-electron chi connectivity index (χ4n) is 4.20. The Morgan fingerprint density at radius 2 is 1.84 bits per heavy atom. The molecule has 1 heterocycles. The summed E-state index contributed by atoms with van der Waals surface area (Å²) in [6.45, 7) is 1.89. The van der Waals surface area contributed by atoms with E-state index in [0.29, 0.717) is 18.6 Å². The standard InChI is InChI=1S/C23H29N3O5/c1-15(21(28)24-2)26(14-16-7-6-8-17(13-16)31-3)20(27)11-12-25-22(29)18-9-4-5-10-19(18)23(25)30/h4-8,13,15,18-19H,9-12,14H2,1-3H3,(H,24,28)/t15-,18-,19+/m0/s1. The molecule has 4 amide bonds. The second-order valence-corrected chi connectivity index (χ2v) is 7.90. The minimum atomic E-state index is -0.708. The number of benzene rings is 1. The van der Waals surface area contributed by atoms with Crippen molar-refractivity contribution in [1.82, 2.24) is 15.1 Å². The molecule has 0 aromatic heterocycles. The molecule has 3 atom stereocenters. The summed E-state index contributed by atoms with van der Waals surface area (Å²) >= 11 is 0. The minimum absolute atomic E-state index is 0.0264. The molecule has 1 aromatic carbocycles. The van der Waals surface area contributed by atoms with Crippen molar-refractivity contribution in [2.24, 2.45) is 11.8 Å². The van der Waals surface area contributed by atoms with E-state index >= 15 is 0 Å². The fourth-order valence-corrected chi connectivity index (χ4v) is 4.20. The van der Waals surface area contributed by atoms with Crippen LogP contribution < -0.4 is 10.1 Å². The van der Waals surface area contributed by atoms with Crippen molar-refractivity contribution in [3.63, 3.8) is 0 Å². The van der Waals surface area contributed by atoms with E-state index in [0.717, 1.165) is 5.56 Å². The highest BCUT2D eigenvalue weighted by atomic mass is 16.5. The number of methoxy groups -OCH3 is 1. The number of carbonyl (C=O) groups is 4. The van der Waals surface area contributed by atoms with E-state index in [9.17, 15) is 19.2 Å². The SMILES string of the molecule is CNC(=O)[C@H](C)N(Cc1cccc(OC)c1)C(=O)CCN1C(=O)[C@H]2CC=CC[C@H]2C1=O. The minimum Gasteiger partial charge on any atom is -0.497 e. The predicted molar refractivity (Wildman–Crippen MR) is 114 cm³/mol. The number of amides is 4. The third-order valence-electron chi connectivity index (χ3n) is 6.05. The number of likely N-dealkylation sites (tertiary alicyclic amines) is 1. The lowest BCUT2D eigenvalue weighted by molar-refractivity contribution is -0.143. The van der Waals surface area contributed by atoms with Gasteiger partial charge < -0.3 is 15.0 Å². The number of nitrogens with one attached hydrogen (secondary N) is 1. The van der Waals surface area contributed by atoms with E-state index < -0.39 is 6.04 Å². The van der Waals surface area contributed by atoms with Crippen LogP contribution in [0.4, 0.5) is 0 Å². The van der Waals surface area contributed by atoms with Crippen molar-refractivity contribution in [3.8, 4) is 5.75 Å². The van der Waals surface area contributed by atoms with Crippen molar-refractivity contribution < 1.29 is 23.9 Å². The van der Waals surface area contributed by atoms with E-state index in [-0.39, 0.29) is 55.0 Å². The molecule has 3 rings (SSSR count). The molecule has 0 spiro atoms. The van der Waals surface area contributed by atoms with Crippen molar-refractivity contribution in [1.29, 1.82) is 0 Å². The van der Waals surface area contributed by atoms with Gasteiger partial charge in [-0.1, -0.05) is 24.3 Å². The molecule has 0 unspecified atom stereocenters. The van der Waals surface area contributed by atoms with Gasteiger partial charge in [0, 0.05) is 26.6 Å². The molecule has 0 bridgehead atoms. The van der Waals surface area contributed by atoms with Crippen LogP contribution in [0.2, 0.25) is 0 Å². The lowest BCUT2D eigenvalue weighted by Gasteiger charge is -2.29. The van der Waals surface area contributed by atoms with E-state index in [1.54, 1.807) is 20.1 Å². The van der Waals surface area contributed by atoms with Gasteiger partial charge in [0.1, 0.15) is 11.8 Å². The van der Waals surface area contributed by atoms with Gasteiger partial charge in [0.05, 0.1) is 18.9 Å². The maximum Gasteiger partial charge on any atom is 0.242 e. The number of hydrogen-bond acceptors (Lipinski definition) is 5. The average Bonchev–Trinajstić information content (AvgIpc) is 3.04. The maximum atomic E-state index is 13.1. The van der Waals surface area contributed by atoms with Crippen molar-refractivity contribution in [2.75, 3.05) is 20.7 Å². The summed E-state index contributed by atoms with van der Waals surface area (Å²) in [5, 5.41) is 2.57. The Balaban J connectivity index is 1.71. The Bertz CT molecular complexity index is 871. The molecule has 1 aliphatic heterocycles. The normalized spacial score (nSPS) is 20.9. The van der Waals surface area contributed by atoms with Crippen LogP contribution in [0, 0.1) is 11.8 Å². The number of allylic oxidation sites excluding steroid dienone is 2. The summed E-state index contributed by atoms with van der Waals surface area (Å²) in [6, 6.07) is 6.57. The summed E-state index contributed by atoms with van der Waals surface area (Å²) in [7, 11) is 3.08. The van der Waals surface area contributed by atoms with Gasteiger partial charge in [-0.15, -0.1) is 0 Å². The number of carbonyl (C=O) groups excluding carboxylic acids is 4. The third-order valence-corrected chi connectivity index (χ3v) is 6.05. The first-order valence-corrected chi connectivity index (χ1v) is 10.5. The Morgan fingerprint density at radius 1 is 1.19 bits per heavy atom. The van der Waals surface area contributed by atoms with Gasteiger partial charge in [-0.05, 0) is 37.5 Å². The highest BCUT2D eigenvalue weighted by Crippen LogP contribution is 2.35. The van der Waals surface area contributed by atoms with E-state index in [4.69, 9.17) is 4.74 Å². The molecule has 8 heteroatoms. The Morgan fingerprint density at radius 3 is 2.42 bits per heavy atom. The number of rotatable bonds is 8. The second-order valence-electron chi connectivity index (χ2n) is 7.90. The predicted octanol–water partition coefficient (Wildman–Crippen LogP) is 1.50. The molecule has 1 fully saturated rings. The van der Waals surface area contributed by atoms with Gasteiger partial charge in [-0.25, -0.2) is 0 Å². The highest BCUT2D eigenvalue weighted by molar-refractivity contribution is 6.05. The largest absolute Gasteiger partial charge is 0.497 e. The van der Waals surface area contributed by atoms with Gasteiger partial charge in [0.15, 0.2) is 0 Å².